The number of nitrogens with zero attached hydrogens (tertiary/aromatic N) is 2. The van der Waals surface area contributed by atoms with Gasteiger partial charge < -0.3 is 9.26 Å². The molecule has 0 radical (unpaired) electrons. The molecule has 5 nitrogen and oxygen atoms in total. The summed E-state index contributed by atoms with van der Waals surface area (Å²) in [5.74, 6) is 0.401. The minimum Gasteiger partial charge on any atom is -0.462 e. The standard InChI is InChI=1S/C14H23N2O3P.C2H6/c1-7-18-14(17)12-9-8-10-13(11(12)2)19-20(15(3)4)16(5)6;1-2/h8-10H,7H2,1-6H3;1-2H3. The van der Waals surface area contributed by atoms with E-state index in [4.69, 9.17) is 9.26 Å². The normalized spacial score (nSPS) is 10.5. The van der Waals surface area contributed by atoms with Gasteiger partial charge >= 0.3 is 5.97 Å². The lowest BCUT2D eigenvalue weighted by Gasteiger charge is -2.29. The first-order chi connectivity index (χ1) is 10.4. The highest BCUT2D eigenvalue weighted by Gasteiger charge is 2.20. The molecule has 126 valence electrons. The van der Waals surface area contributed by atoms with Crippen LogP contribution in [0.5, 0.6) is 5.75 Å². The van der Waals surface area contributed by atoms with Crippen LogP contribution < -0.4 is 4.52 Å². The van der Waals surface area contributed by atoms with E-state index in [0.29, 0.717) is 17.9 Å². The maximum Gasteiger partial charge on any atom is 0.338 e. The van der Waals surface area contributed by atoms with Crippen LogP contribution in [-0.4, -0.2) is 50.1 Å². The van der Waals surface area contributed by atoms with Crippen LogP contribution in [0, 0.1) is 6.92 Å². The van der Waals surface area contributed by atoms with Crippen LogP contribution >= 0.6 is 8.45 Å². The summed E-state index contributed by atoms with van der Waals surface area (Å²) in [6.45, 7) is 8.04. The van der Waals surface area contributed by atoms with E-state index in [2.05, 4.69) is 0 Å². The predicted molar refractivity (Wildman–Crippen MR) is 93.4 cm³/mol. The van der Waals surface area contributed by atoms with Gasteiger partial charge in [0.05, 0.1) is 12.2 Å². The van der Waals surface area contributed by atoms with Crippen molar-refractivity contribution in [3.05, 3.63) is 29.3 Å². The third kappa shape index (κ3) is 5.91. The Bertz CT molecular complexity index is 457. The van der Waals surface area contributed by atoms with Gasteiger partial charge in [0.2, 0.25) is 8.45 Å². The van der Waals surface area contributed by atoms with Crippen molar-refractivity contribution in [3.8, 4) is 5.75 Å². The zero-order valence-electron chi connectivity index (χ0n) is 15.0. The number of ether oxygens (including phenoxy) is 1. The lowest BCUT2D eigenvalue weighted by molar-refractivity contribution is 0.0525. The number of hydrogen-bond acceptors (Lipinski definition) is 5. The van der Waals surface area contributed by atoms with Crippen molar-refractivity contribution >= 4 is 14.4 Å². The van der Waals surface area contributed by atoms with Crippen molar-refractivity contribution in [3.63, 3.8) is 0 Å². The molecule has 1 aromatic carbocycles. The average molecular weight is 328 g/mol. The molecule has 0 heterocycles. The Kier molecular flexibility index (Phi) is 9.99. The van der Waals surface area contributed by atoms with Gasteiger partial charge in [0.15, 0.2) is 0 Å². The Hall–Kier alpha value is -1.16. The van der Waals surface area contributed by atoms with Crippen LogP contribution in [0.3, 0.4) is 0 Å². The van der Waals surface area contributed by atoms with Gasteiger partial charge in [-0.2, -0.15) is 0 Å². The smallest absolute Gasteiger partial charge is 0.338 e. The van der Waals surface area contributed by atoms with Gasteiger partial charge in [-0.3, -0.25) is 0 Å². The Balaban J connectivity index is 0.00000211. The number of carbonyl (C=O) groups is 1. The van der Waals surface area contributed by atoms with E-state index in [9.17, 15) is 4.79 Å². The number of carbonyl (C=O) groups excluding carboxylic acids is 1. The minimum atomic E-state index is -0.896. The maximum atomic E-state index is 11.9. The SMILES string of the molecule is CC.CCOC(=O)c1cccc(OP(N(C)C)N(C)C)c1C. The first-order valence-electron chi connectivity index (χ1n) is 7.47. The molecule has 6 heteroatoms. The van der Waals surface area contributed by atoms with Crippen LogP contribution in [-0.2, 0) is 4.74 Å². The average Bonchev–Trinajstić information content (AvgIpc) is 2.47. The second-order valence-corrected chi connectivity index (χ2v) is 6.98. The zero-order valence-corrected chi connectivity index (χ0v) is 15.9. The molecule has 0 bridgehead atoms. The van der Waals surface area contributed by atoms with Gasteiger partial charge in [-0.25, -0.2) is 14.1 Å². The van der Waals surface area contributed by atoms with E-state index in [1.807, 2.05) is 70.4 Å². The lowest BCUT2D eigenvalue weighted by atomic mass is 10.1. The summed E-state index contributed by atoms with van der Waals surface area (Å²) in [7, 11) is 6.98. The van der Waals surface area contributed by atoms with Gasteiger partial charge in [-0.15, -0.1) is 0 Å². The van der Waals surface area contributed by atoms with Gasteiger partial charge in [0, 0.05) is 5.56 Å². The fourth-order valence-electron chi connectivity index (χ4n) is 1.75. The number of hydrogen-bond donors (Lipinski definition) is 0. The summed E-state index contributed by atoms with van der Waals surface area (Å²) in [6, 6.07) is 5.45. The second-order valence-electron chi connectivity index (χ2n) is 4.69. The van der Waals surface area contributed by atoms with Crippen LogP contribution in [0.15, 0.2) is 18.2 Å². The molecule has 0 unspecified atom stereocenters. The lowest BCUT2D eigenvalue weighted by Crippen LogP contribution is -2.20. The molecular formula is C16H29N2O3P. The molecule has 0 spiro atoms. The summed E-state index contributed by atoms with van der Waals surface area (Å²) in [4.78, 5) is 11.9. The van der Waals surface area contributed by atoms with Crippen molar-refractivity contribution in [2.24, 2.45) is 0 Å². The molecule has 0 aliphatic rings. The van der Waals surface area contributed by atoms with Crippen LogP contribution in [0.1, 0.15) is 36.7 Å². The van der Waals surface area contributed by atoms with Crippen molar-refractivity contribution in [2.45, 2.75) is 27.7 Å². The zero-order chi connectivity index (χ0) is 17.3. The van der Waals surface area contributed by atoms with Crippen molar-refractivity contribution < 1.29 is 14.1 Å². The first kappa shape index (κ1) is 20.8. The molecule has 0 atom stereocenters. The van der Waals surface area contributed by atoms with E-state index >= 15 is 0 Å². The highest BCUT2D eigenvalue weighted by molar-refractivity contribution is 7.47. The maximum absolute atomic E-state index is 11.9. The molecule has 0 aliphatic heterocycles. The highest BCUT2D eigenvalue weighted by atomic mass is 31.2. The molecule has 0 aliphatic carbocycles. The van der Waals surface area contributed by atoms with Crippen molar-refractivity contribution in [1.82, 2.24) is 9.34 Å². The van der Waals surface area contributed by atoms with E-state index in [1.54, 1.807) is 13.0 Å². The van der Waals surface area contributed by atoms with E-state index in [1.165, 1.54) is 0 Å². The Morgan fingerprint density at radius 2 is 1.68 bits per heavy atom. The molecule has 0 N–H and O–H groups in total. The third-order valence-corrected chi connectivity index (χ3v) is 4.37. The number of rotatable bonds is 6. The molecule has 0 aromatic heterocycles. The fraction of sp³-hybridized carbons (Fsp3) is 0.562. The second kappa shape index (κ2) is 10.5. The molecule has 1 aromatic rings. The molecule has 0 saturated carbocycles. The van der Waals surface area contributed by atoms with Gasteiger partial charge in [-0.1, -0.05) is 19.9 Å². The Morgan fingerprint density at radius 1 is 1.14 bits per heavy atom. The van der Waals surface area contributed by atoms with E-state index < -0.39 is 8.45 Å². The van der Waals surface area contributed by atoms with Crippen LogP contribution in [0.4, 0.5) is 0 Å². The molecule has 0 fully saturated rings. The highest BCUT2D eigenvalue weighted by Crippen LogP contribution is 2.43. The molecule has 0 saturated heterocycles. The number of esters is 1. The third-order valence-electron chi connectivity index (χ3n) is 2.64. The summed E-state index contributed by atoms with van der Waals surface area (Å²) >= 11 is 0. The quantitative estimate of drug-likeness (QED) is 0.585. The van der Waals surface area contributed by atoms with Crippen molar-refractivity contribution in [1.29, 1.82) is 0 Å². The Labute approximate surface area is 136 Å². The molecular weight excluding hydrogens is 299 g/mol. The molecule has 0 amide bonds. The van der Waals surface area contributed by atoms with Gasteiger partial charge in [0.1, 0.15) is 5.75 Å². The topological polar surface area (TPSA) is 42.0 Å². The predicted octanol–water partition coefficient (Wildman–Crippen LogP) is 3.93. The summed E-state index contributed by atoms with van der Waals surface area (Å²) in [5.41, 5.74) is 1.36. The minimum absolute atomic E-state index is 0.311. The first-order valence-corrected chi connectivity index (χ1v) is 8.64. The van der Waals surface area contributed by atoms with Crippen LogP contribution in [0.25, 0.3) is 0 Å². The summed E-state index contributed by atoms with van der Waals surface area (Å²) < 4.78 is 15.1. The van der Waals surface area contributed by atoms with E-state index in [-0.39, 0.29) is 5.97 Å². The van der Waals surface area contributed by atoms with Crippen LogP contribution in [0.2, 0.25) is 0 Å². The largest absolute Gasteiger partial charge is 0.462 e. The molecule has 1 rings (SSSR count). The van der Waals surface area contributed by atoms with Gasteiger partial charge in [0.25, 0.3) is 0 Å². The summed E-state index contributed by atoms with van der Waals surface area (Å²) in [5, 5.41) is 0. The number of benzene rings is 1. The summed E-state index contributed by atoms with van der Waals surface area (Å²) in [6.07, 6.45) is 0. The fourth-order valence-corrected chi connectivity index (χ4v) is 3.17. The van der Waals surface area contributed by atoms with E-state index in [0.717, 1.165) is 5.56 Å². The Morgan fingerprint density at radius 3 is 2.14 bits per heavy atom. The monoisotopic (exact) mass is 328 g/mol. The molecule has 22 heavy (non-hydrogen) atoms. The van der Waals surface area contributed by atoms with Gasteiger partial charge in [-0.05, 0) is 54.2 Å². The van der Waals surface area contributed by atoms with Crippen molar-refractivity contribution in [2.75, 3.05) is 34.8 Å².